The van der Waals surface area contributed by atoms with Gasteiger partial charge in [-0.25, -0.2) is 9.98 Å². The average molecular weight is 369 g/mol. The first kappa shape index (κ1) is 20.2. The van der Waals surface area contributed by atoms with Crippen molar-refractivity contribution >= 4 is 11.9 Å². The van der Waals surface area contributed by atoms with Crippen LogP contribution in [0.5, 0.6) is 0 Å². The van der Waals surface area contributed by atoms with Crippen LogP contribution in [0.3, 0.4) is 0 Å². The van der Waals surface area contributed by atoms with Crippen molar-refractivity contribution in [2.75, 3.05) is 27.2 Å². The molecular formula is C20H27N5O2. The fraction of sp³-hybridized carbons (Fsp3) is 0.350. The number of rotatable bonds is 7. The molecule has 2 rings (SSSR count). The van der Waals surface area contributed by atoms with Crippen LogP contribution in [0.15, 0.2) is 52.1 Å². The van der Waals surface area contributed by atoms with Gasteiger partial charge in [0.05, 0.1) is 13.1 Å². The molecule has 2 N–H and O–H groups in total. The Balaban J connectivity index is 2.04. The highest BCUT2D eigenvalue weighted by Crippen LogP contribution is 2.19. The van der Waals surface area contributed by atoms with E-state index in [1.807, 2.05) is 38.1 Å². The van der Waals surface area contributed by atoms with E-state index >= 15 is 0 Å². The zero-order chi connectivity index (χ0) is 19.8. The van der Waals surface area contributed by atoms with E-state index < -0.39 is 0 Å². The van der Waals surface area contributed by atoms with Gasteiger partial charge in [0.1, 0.15) is 12.0 Å². The molecule has 2 aromatic rings. The molecule has 1 aromatic carbocycles. The predicted octanol–water partition coefficient (Wildman–Crippen LogP) is 2.35. The number of carbonyl (C=O) groups excluding carboxylic acids is 1. The molecule has 7 nitrogen and oxygen atoms in total. The van der Waals surface area contributed by atoms with Crippen LogP contribution >= 0.6 is 0 Å². The van der Waals surface area contributed by atoms with Gasteiger partial charge in [0.15, 0.2) is 5.96 Å². The highest BCUT2D eigenvalue weighted by molar-refractivity contribution is 5.86. The number of hydrogen-bond donors (Lipinski definition) is 2. The maximum atomic E-state index is 11.8. The third kappa shape index (κ3) is 6.62. The van der Waals surface area contributed by atoms with Crippen molar-refractivity contribution in [3.8, 4) is 11.5 Å². The van der Waals surface area contributed by atoms with E-state index in [1.54, 1.807) is 20.4 Å². The number of oxazole rings is 1. The first-order valence-corrected chi connectivity index (χ1v) is 8.73. The van der Waals surface area contributed by atoms with Gasteiger partial charge >= 0.3 is 0 Å². The first-order valence-electron chi connectivity index (χ1n) is 8.73. The quantitative estimate of drug-likeness (QED) is 0.445. The molecule has 1 aromatic heterocycles. The smallest absolute Gasteiger partial charge is 0.241 e. The van der Waals surface area contributed by atoms with Crippen molar-refractivity contribution in [3.05, 3.63) is 53.9 Å². The Labute approximate surface area is 160 Å². The SMILES string of the molecule is C=C(C)CNC(=NCc1coc(-c2ccc(C)cc2)n1)NCC(=O)N(C)C. The highest BCUT2D eigenvalue weighted by atomic mass is 16.3. The summed E-state index contributed by atoms with van der Waals surface area (Å²) in [5.74, 6) is 1.04. The Kier molecular flexibility index (Phi) is 7.16. The van der Waals surface area contributed by atoms with E-state index in [1.165, 1.54) is 10.5 Å². The van der Waals surface area contributed by atoms with Crippen molar-refractivity contribution in [1.82, 2.24) is 20.5 Å². The lowest BCUT2D eigenvalue weighted by Crippen LogP contribution is -2.43. The number of nitrogens with zero attached hydrogens (tertiary/aromatic N) is 3. The number of aromatic nitrogens is 1. The second-order valence-corrected chi connectivity index (χ2v) is 6.63. The number of aliphatic imine (C=N–C) groups is 1. The Hall–Kier alpha value is -3.09. The second-order valence-electron chi connectivity index (χ2n) is 6.63. The lowest BCUT2D eigenvalue weighted by Gasteiger charge is -2.14. The van der Waals surface area contributed by atoms with Gasteiger partial charge in [-0.3, -0.25) is 4.79 Å². The molecule has 27 heavy (non-hydrogen) atoms. The number of guanidine groups is 1. The third-order valence-electron chi connectivity index (χ3n) is 3.71. The molecule has 7 heteroatoms. The molecule has 0 aliphatic carbocycles. The maximum Gasteiger partial charge on any atom is 0.241 e. The number of benzene rings is 1. The van der Waals surface area contributed by atoms with Gasteiger partial charge in [-0.05, 0) is 26.0 Å². The molecule has 0 saturated heterocycles. The zero-order valence-electron chi connectivity index (χ0n) is 16.4. The van der Waals surface area contributed by atoms with Crippen LogP contribution in [0.2, 0.25) is 0 Å². The molecule has 0 radical (unpaired) electrons. The summed E-state index contributed by atoms with van der Waals surface area (Å²) in [5.41, 5.74) is 3.78. The topological polar surface area (TPSA) is 82.8 Å². The first-order chi connectivity index (χ1) is 12.8. The van der Waals surface area contributed by atoms with Crippen molar-refractivity contribution in [2.45, 2.75) is 20.4 Å². The molecule has 0 spiro atoms. The molecule has 1 heterocycles. The minimum absolute atomic E-state index is 0.0390. The summed E-state index contributed by atoms with van der Waals surface area (Å²) in [6, 6.07) is 7.98. The average Bonchev–Trinajstić information content (AvgIpc) is 3.10. The fourth-order valence-corrected chi connectivity index (χ4v) is 2.09. The van der Waals surface area contributed by atoms with Gasteiger partial charge in [0, 0.05) is 26.2 Å². The standard InChI is InChI=1S/C20H27N5O2/c1-14(2)10-21-20(23-12-18(26)25(4)5)22-11-17-13-27-19(24-17)16-8-6-15(3)7-9-16/h6-9,13H,1,10-12H2,2-5H3,(H2,21,22,23). The minimum atomic E-state index is -0.0390. The van der Waals surface area contributed by atoms with Crippen molar-refractivity contribution in [2.24, 2.45) is 4.99 Å². The Morgan fingerprint density at radius 1 is 1.22 bits per heavy atom. The van der Waals surface area contributed by atoms with Gasteiger partial charge in [0.2, 0.25) is 11.8 Å². The number of amides is 1. The number of likely N-dealkylation sites (N-methyl/N-ethyl adjacent to an activating group) is 1. The predicted molar refractivity (Wildman–Crippen MR) is 107 cm³/mol. The molecule has 0 unspecified atom stereocenters. The Morgan fingerprint density at radius 3 is 2.52 bits per heavy atom. The van der Waals surface area contributed by atoms with Gasteiger partial charge in [0.25, 0.3) is 0 Å². The van der Waals surface area contributed by atoms with E-state index in [0.29, 0.717) is 30.6 Å². The van der Waals surface area contributed by atoms with Crippen LogP contribution in [-0.2, 0) is 11.3 Å². The van der Waals surface area contributed by atoms with E-state index in [0.717, 1.165) is 11.1 Å². The summed E-state index contributed by atoms with van der Waals surface area (Å²) in [6.07, 6.45) is 1.60. The maximum absolute atomic E-state index is 11.8. The normalized spacial score (nSPS) is 11.2. The number of carbonyl (C=O) groups is 1. The monoisotopic (exact) mass is 369 g/mol. The van der Waals surface area contributed by atoms with E-state index in [-0.39, 0.29) is 12.5 Å². The third-order valence-corrected chi connectivity index (χ3v) is 3.71. The van der Waals surface area contributed by atoms with E-state index in [2.05, 4.69) is 27.2 Å². The van der Waals surface area contributed by atoms with Crippen molar-refractivity contribution < 1.29 is 9.21 Å². The van der Waals surface area contributed by atoms with Crippen LogP contribution in [0.4, 0.5) is 0 Å². The summed E-state index contributed by atoms with van der Waals surface area (Å²) in [4.78, 5) is 22.3. The Morgan fingerprint density at radius 2 is 1.89 bits per heavy atom. The lowest BCUT2D eigenvalue weighted by atomic mass is 10.1. The molecule has 0 atom stereocenters. The van der Waals surface area contributed by atoms with Crippen LogP contribution in [-0.4, -0.2) is 48.9 Å². The highest BCUT2D eigenvalue weighted by Gasteiger charge is 2.08. The molecule has 144 valence electrons. The van der Waals surface area contributed by atoms with Crippen LogP contribution in [0.1, 0.15) is 18.2 Å². The molecule has 0 fully saturated rings. The fourth-order valence-electron chi connectivity index (χ4n) is 2.09. The van der Waals surface area contributed by atoms with Gasteiger partial charge in [-0.1, -0.05) is 29.8 Å². The molecule has 0 bridgehead atoms. The zero-order valence-corrected chi connectivity index (χ0v) is 16.4. The lowest BCUT2D eigenvalue weighted by molar-refractivity contribution is -0.127. The summed E-state index contributed by atoms with van der Waals surface area (Å²) < 4.78 is 5.55. The minimum Gasteiger partial charge on any atom is -0.444 e. The van der Waals surface area contributed by atoms with Crippen molar-refractivity contribution in [1.29, 1.82) is 0 Å². The molecule has 0 saturated carbocycles. The van der Waals surface area contributed by atoms with E-state index in [9.17, 15) is 4.79 Å². The second kappa shape index (κ2) is 9.56. The van der Waals surface area contributed by atoms with Crippen LogP contribution < -0.4 is 10.6 Å². The largest absolute Gasteiger partial charge is 0.444 e. The number of nitrogens with one attached hydrogen (secondary N) is 2. The van der Waals surface area contributed by atoms with Crippen molar-refractivity contribution in [3.63, 3.8) is 0 Å². The molecule has 0 aliphatic rings. The van der Waals surface area contributed by atoms with Gasteiger partial charge in [-0.2, -0.15) is 0 Å². The van der Waals surface area contributed by atoms with Crippen LogP contribution in [0.25, 0.3) is 11.5 Å². The number of aryl methyl sites for hydroxylation is 1. The summed E-state index contributed by atoms with van der Waals surface area (Å²) >= 11 is 0. The van der Waals surface area contributed by atoms with Gasteiger partial charge < -0.3 is 20.0 Å². The van der Waals surface area contributed by atoms with Crippen LogP contribution in [0, 0.1) is 6.92 Å². The summed E-state index contributed by atoms with van der Waals surface area (Å²) in [6.45, 7) is 8.87. The summed E-state index contributed by atoms with van der Waals surface area (Å²) in [5, 5.41) is 6.16. The Bertz CT molecular complexity index is 806. The number of hydrogen-bond acceptors (Lipinski definition) is 4. The molecule has 1 amide bonds. The van der Waals surface area contributed by atoms with Gasteiger partial charge in [-0.15, -0.1) is 0 Å². The molecular weight excluding hydrogens is 342 g/mol. The summed E-state index contributed by atoms with van der Waals surface area (Å²) in [7, 11) is 3.42. The van der Waals surface area contributed by atoms with E-state index in [4.69, 9.17) is 4.42 Å². The molecule has 0 aliphatic heterocycles.